The van der Waals surface area contributed by atoms with Crippen LogP contribution in [0, 0.1) is 12.7 Å². The second-order valence-electron chi connectivity index (χ2n) is 3.94. The molecule has 0 aliphatic heterocycles. The summed E-state index contributed by atoms with van der Waals surface area (Å²) in [6, 6.07) is 12.5. The second kappa shape index (κ2) is 5.19. The summed E-state index contributed by atoms with van der Waals surface area (Å²) >= 11 is 9.76. The minimum absolute atomic E-state index is 0.277. The number of hydrogen-bond donors (Lipinski definition) is 0. The quantitative estimate of drug-likeness (QED) is 0.666. The predicted octanol–water partition coefficient (Wildman–Crippen LogP) is 5.22. The number of alkyl halides is 1. The molecule has 3 heteroatoms. The zero-order valence-electron chi connectivity index (χ0n) is 9.25. The van der Waals surface area contributed by atoms with E-state index in [-0.39, 0.29) is 11.2 Å². The van der Waals surface area contributed by atoms with Crippen molar-refractivity contribution in [2.75, 3.05) is 0 Å². The van der Waals surface area contributed by atoms with Crippen molar-refractivity contribution in [3.05, 3.63) is 69.4 Å². The Morgan fingerprint density at radius 2 is 1.76 bits per heavy atom. The molecule has 1 unspecified atom stereocenters. The van der Waals surface area contributed by atoms with Crippen LogP contribution in [0.15, 0.2) is 46.9 Å². The van der Waals surface area contributed by atoms with E-state index in [9.17, 15) is 4.39 Å². The average molecular weight is 314 g/mol. The summed E-state index contributed by atoms with van der Waals surface area (Å²) in [4.78, 5) is 0. The number of aryl methyl sites for hydroxylation is 1. The largest absolute Gasteiger partial charge is 0.207 e. The van der Waals surface area contributed by atoms with Gasteiger partial charge in [0.1, 0.15) is 5.82 Å². The fraction of sp³-hybridized carbons (Fsp3) is 0.143. The Morgan fingerprint density at radius 1 is 1.12 bits per heavy atom. The maximum atomic E-state index is 13.2. The molecule has 0 radical (unpaired) electrons. The molecule has 1 atom stereocenters. The molecule has 0 saturated heterocycles. The molecular weight excluding hydrogens is 303 g/mol. The highest BCUT2D eigenvalue weighted by Gasteiger charge is 2.14. The van der Waals surface area contributed by atoms with Crippen LogP contribution in [0.5, 0.6) is 0 Å². The Balaban J connectivity index is 2.39. The molecule has 0 fully saturated rings. The number of halogens is 3. The van der Waals surface area contributed by atoms with Crippen molar-refractivity contribution in [3.8, 4) is 0 Å². The molecule has 0 aliphatic rings. The third kappa shape index (κ3) is 2.88. The molecule has 0 spiro atoms. The second-order valence-corrected chi connectivity index (χ2v) is 5.23. The lowest BCUT2D eigenvalue weighted by molar-refractivity contribution is 0.625. The van der Waals surface area contributed by atoms with Gasteiger partial charge in [-0.25, -0.2) is 4.39 Å². The maximum Gasteiger partial charge on any atom is 0.123 e. The molecule has 0 aromatic heterocycles. The van der Waals surface area contributed by atoms with E-state index in [0.29, 0.717) is 0 Å². The highest BCUT2D eigenvalue weighted by atomic mass is 79.9. The van der Waals surface area contributed by atoms with E-state index in [1.165, 1.54) is 17.7 Å². The first-order valence-electron chi connectivity index (χ1n) is 5.23. The lowest BCUT2D eigenvalue weighted by Gasteiger charge is -2.12. The molecule has 0 nitrogen and oxygen atoms in total. The van der Waals surface area contributed by atoms with Gasteiger partial charge < -0.3 is 0 Å². The molecule has 0 amide bonds. The number of rotatable bonds is 2. The highest BCUT2D eigenvalue weighted by molar-refractivity contribution is 9.10. The lowest BCUT2D eigenvalue weighted by atomic mass is 10.0. The summed E-state index contributed by atoms with van der Waals surface area (Å²) in [5.41, 5.74) is 2.88. The van der Waals surface area contributed by atoms with Crippen molar-refractivity contribution in [1.29, 1.82) is 0 Å². The Hall–Kier alpha value is -0.860. The predicted molar refractivity (Wildman–Crippen MR) is 73.0 cm³/mol. The average Bonchev–Trinajstić information content (AvgIpc) is 2.32. The standard InChI is InChI=1S/C14H11BrClF/c1-9-2-4-10(5-3-9)14(16)12-8-11(17)6-7-13(12)15/h2-8,14H,1H3. The maximum absolute atomic E-state index is 13.2. The van der Waals surface area contributed by atoms with Gasteiger partial charge in [-0.15, -0.1) is 11.6 Å². The van der Waals surface area contributed by atoms with E-state index in [2.05, 4.69) is 15.9 Å². The Labute approximate surface area is 114 Å². The summed E-state index contributed by atoms with van der Waals surface area (Å²) in [7, 11) is 0. The Bertz CT molecular complexity index is 522. The molecule has 17 heavy (non-hydrogen) atoms. The first-order chi connectivity index (χ1) is 8.08. The van der Waals surface area contributed by atoms with E-state index in [0.717, 1.165) is 15.6 Å². The lowest BCUT2D eigenvalue weighted by Crippen LogP contribution is -1.95. The zero-order chi connectivity index (χ0) is 12.4. The molecule has 0 saturated carbocycles. The molecule has 88 valence electrons. The monoisotopic (exact) mass is 312 g/mol. The van der Waals surface area contributed by atoms with Crippen LogP contribution in [-0.4, -0.2) is 0 Å². The SMILES string of the molecule is Cc1ccc(C(Cl)c2cc(F)ccc2Br)cc1. The summed E-state index contributed by atoms with van der Waals surface area (Å²) in [6.07, 6.45) is 0. The highest BCUT2D eigenvalue weighted by Crippen LogP contribution is 2.34. The number of benzene rings is 2. The van der Waals surface area contributed by atoms with E-state index >= 15 is 0 Å². The Kier molecular flexibility index (Phi) is 3.85. The van der Waals surface area contributed by atoms with Crippen molar-refractivity contribution in [2.45, 2.75) is 12.3 Å². The molecule has 2 aromatic carbocycles. The van der Waals surface area contributed by atoms with Crippen LogP contribution in [0.3, 0.4) is 0 Å². The third-order valence-corrected chi connectivity index (χ3v) is 3.81. The summed E-state index contributed by atoms with van der Waals surface area (Å²) < 4.78 is 14.0. The molecule has 0 heterocycles. The van der Waals surface area contributed by atoms with Gasteiger partial charge in [0.05, 0.1) is 5.38 Å². The molecule has 0 bridgehead atoms. The van der Waals surface area contributed by atoms with Crippen LogP contribution in [0.2, 0.25) is 0 Å². The molecule has 2 rings (SSSR count). The van der Waals surface area contributed by atoms with Gasteiger partial charge in [0, 0.05) is 4.47 Å². The normalized spacial score (nSPS) is 12.5. The van der Waals surface area contributed by atoms with Gasteiger partial charge in [0.2, 0.25) is 0 Å². The van der Waals surface area contributed by atoms with E-state index in [1.807, 2.05) is 31.2 Å². The van der Waals surface area contributed by atoms with Crippen LogP contribution in [0.25, 0.3) is 0 Å². The van der Waals surface area contributed by atoms with Crippen LogP contribution in [-0.2, 0) is 0 Å². The first kappa shape index (κ1) is 12.6. The summed E-state index contributed by atoms with van der Waals surface area (Å²) in [6.45, 7) is 2.02. The molecule has 2 aromatic rings. The van der Waals surface area contributed by atoms with E-state index < -0.39 is 0 Å². The Morgan fingerprint density at radius 3 is 2.41 bits per heavy atom. The van der Waals surface area contributed by atoms with Gasteiger partial charge in [-0.3, -0.25) is 0 Å². The van der Waals surface area contributed by atoms with Crippen molar-refractivity contribution in [2.24, 2.45) is 0 Å². The summed E-state index contributed by atoms with van der Waals surface area (Å²) in [5, 5.41) is -0.347. The van der Waals surface area contributed by atoms with Crippen LogP contribution < -0.4 is 0 Å². The third-order valence-electron chi connectivity index (χ3n) is 2.60. The minimum Gasteiger partial charge on any atom is -0.207 e. The smallest absolute Gasteiger partial charge is 0.123 e. The van der Waals surface area contributed by atoms with Crippen molar-refractivity contribution in [1.82, 2.24) is 0 Å². The zero-order valence-corrected chi connectivity index (χ0v) is 11.6. The number of hydrogen-bond acceptors (Lipinski definition) is 0. The van der Waals surface area contributed by atoms with Crippen LogP contribution >= 0.6 is 27.5 Å². The van der Waals surface area contributed by atoms with Crippen molar-refractivity contribution in [3.63, 3.8) is 0 Å². The first-order valence-corrected chi connectivity index (χ1v) is 6.46. The van der Waals surface area contributed by atoms with Gasteiger partial charge in [-0.05, 0) is 36.2 Å². The minimum atomic E-state index is -0.347. The van der Waals surface area contributed by atoms with Crippen LogP contribution in [0.1, 0.15) is 22.1 Å². The fourth-order valence-corrected chi connectivity index (χ4v) is 2.56. The molecule has 0 aliphatic carbocycles. The van der Waals surface area contributed by atoms with E-state index in [4.69, 9.17) is 11.6 Å². The van der Waals surface area contributed by atoms with Gasteiger partial charge in [-0.1, -0.05) is 45.8 Å². The van der Waals surface area contributed by atoms with Gasteiger partial charge >= 0.3 is 0 Å². The van der Waals surface area contributed by atoms with E-state index in [1.54, 1.807) is 6.07 Å². The summed E-state index contributed by atoms with van der Waals surface area (Å²) in [5.74, 6) is -0.277. The molecular formula is C14H11BrClF. The van der Waals surface area contributed by atoms with Gasteiger partial charge in [0.25, 0.3) is 0 Å². The molecule has 0 N–H and O–H groups in total. The fourth-order valence-electron chi connectivity index (χ4n) is 1.62. The van der Waals surface area contributed by atoms with Gasteiger partial charge in [-0.2, -0.15) is 0 Å². The van der Waals surface area contributed by atoms with Crippen molar-refractivity contribution >= 4 is 27.5 Å². The topological polar surface area (TPSA) is 0 Å². The van der Waals surface area contributed by atoms with Gasteiger partial charge in [0.15, 0.2) is 0 Å². The van der Waals surface area contributed by atoms with Crippen LogP contribution in [0.4, 0.5) is 4.39 Å². The van der Waals surface area contributed by atoms with Crippen molar-refractivity contribution < 1.29 is 4.39 Å².